The van der Waals surface area contributed by atoms with Crippen LogP contribution in [0.3, 0.4) is 0 Å². The van der Waals surface area contributed by atoms with Gasteiger partial charge in [0.25, 0.3) is 0 Å². The zero-order valence-electron chi connectivity index (χ0n) is 17.7. The fourth-order valence-corrected chi connectivity index (χ4v) is 3.86. The fraction of sp³-hybridized carbons (Fsp3) is 0.0769. The number of aliphatic imine (C=N–C) groups is 1. The van der Waals surface area contributed by atoms with Gasteiger partial charge in [0.15, 0.2) is 6.29 Å². The Morgan fingerprint density at radius 2 is 1.76 bits per heavy atom. The first kappa shape index (κ1) is 20.5. The maximum Gasteiger partial charge on any atom is 0.227 e. The Kier molecular flexibility index (Phi) is 5.36. The SMILES string of the molecule is COc1cc(Nc2ncc3c(n2)-c2ccccc2C(c2ccccc2F)=NC3)ccc1C=O. The van der Waals surface area contributed by atoms with Crippen molar-refractivity contribution in [3.05, 3.63) is 101 Å². The minimum atomic E-state index is -0.321. The van der Waals surface area contributed by atoms with E-state index in [4.69, 9.17) is 14.7 Å². The van der Waals surface area contributed by atoms with Crippen LogP contribution in [0.1, 0.15) is 27.0 Å². The van der Waals surface area contributed by atoms with Gasteiger partial charge in [-0.3, -0.25) is 9.79 Å². The van der Waals surface area contributed by atoms with E-state index in [-0.39, 0.29) is 5.82 Å². The molecule has 0 spiro atoms. The number of aldehydes is 1. The summed E-state index contributed by atoms with van der Waals surface area (Å²) in [6.45, 7) is 0.329. The van der Waals surface area contributed by atoms with Crippen LogP contribution in [0, 0.1) is 5.82 Å². The van der Waals surface area contributed by atoms with Crippen LogP contribution >= 0.6 is 0 Å². The van der Waals surface area contributed by atoms with Crippen molar-refractivity contribution in [2.24, 2.45) is 4.99 Å². The Balaban J connectivity index is 1.56. The number of nitrogens with one attached hydrogen (secondary N) is 1. The lowest BCUT2D eigenvalue weighted by Crippen LogP contribution is -2.07. The lowest BCUT2D eigenvalue weighted by atomic mass is 9.95. The Morgan fingerprint density at radius 1 is 1.00 bits per heavy atom. The summed E-state index contributed by atoms with van der Waals surface area (Å²) in [6.07, 6.45) is 2.47. The molecule has 0 fully saturated rings. The van der Waals surface area contributed by atoms with E-state index in [1.165, 1.54) is 13.2 Å². The Hall–Kier alpha value is -4.39. The van der Waals surface area contributed by atoms with Crippen molar-refractivity contribution in [1.82, 2.24) is 9.97 Å². The van der Waals surface area contributed by atoms with Crippen LogP contribution < -0.4 is 10.1 Å². The lowest BCUT2D eigenvalue weighted by Gasteiger charge is -2.13. The molecule has 7 heteroatoms. The second-order valence-electron chi connectivity index (χ2n) is 7.46. The first-order valence-corrected chi connectivity index (χ1v) is 10.3. The molecule has 2 heterocycles. The predicted molar refractivity (Wildman–Crippen MR) is 125 cm³/mol. The van der Waals surface area contributed by atoms with Gasteiger partial charge in [-0.25, -0.2) is 14.4 Å². The average molecular weight is 438 g/mol. The fourth-order valence-electron chi connectivity index (χ4n) is 3.86. The van der Waals surface area contributed by atoms with Crippen molar-refractivity contribution in [1.29, 1.82) is 0 Å². The summed E-state index contributed by atoms with van der Waals surface area (Å²) < 4.78 is 19.9. The van der Waals surface area contributed by atoms with Crippen molar-refractivity contribution in [2.45, 2.75) is 6.54 Å². The number of methoxy groups -OCH3 is 1. The van der Waals surface area contributed by atoms with E-state index in [0.717, 1.165) is 28.7 Å². The van der Waals surface area contributed by atoms with Crippen molar-refractivity contribution >= 4 is 23.6 Å². The van der Waals surface area contributed by atoms with Crippen LogP contribution in [-0.2, 0) is 6.54 Å². The minimum Gasteiger partial charge on any atom is -0.496 e. The summed E-state index contributed by atoms with van der Waals surface area (Å²) in [5.41, 5.74) is 5.41. The second kappa shape index (κ2) is 8.63. The number of hydrogen-bond donors (Lipinski definition) is 1. The smallest absolute Gasteiger partial charge is 0.227 e. The highest BCUT2D eigenvalue weighted by Gasteiger charge is 2.22. The minimum absolute atomic E-state index is 0.321. The molecule has 1 N–H and O–H groups in total. The highest BCUT2D eigenvalue weighted by molar-refractivity contribution is 6.16. The molecule has 5 rings (SSSR count). The molecule has 1 aliphatic rings. The lowest BCUT2D eigenvalue weighted by molar-refractivity contribution is 0.112. The van der Waals surface area contributed by atoms with E-state index >= 15 is 0 Å². The normalized spacial score (nSPS) is 12.1. The number of hydrogen-bond acceptors (Lipinski definition) is 6. The molecule has 6 nitrogen and oxygen atoms in total. The molecular weight excluding hydrogens is 419 g/mol. The molecule has 33 heavy (non-hydrogen) atoms. The monoisotopic (exact) mass is 438 g/mol. The van der Waals surface area contributed by atoms with E-state index in [0.29, 0.717) is 40.8 Å². The first-order valence-electron chi connectivity index (χ1n) is 10.3. The van der Waals surface area contributed by atoms with E-state index in [1.807, 2.05) is 24.3 Å². The van der Waals surface area contributed by atoms with E-state index in [2.05, 4.69) is 10.3 Å². The van der Waals surface area contributed by atoms with Gasteiger partial charge in [-0.1, -0.05) is 36.4 Å². The molecule has 0 amide bonds. The molecule has 3 aromatic carbocycles. The van der Waals surface area contributed by atoms with Crippen LogP contribution in [0.2, 0.25) is 0 Å². The number of fused-ring (bicyclic) bond motifs is 3. The maximum absolute atomic E-state index is 14.6. The van der Waals surface area contributed by atoms with Gasteiger partial charge in [0.05, 0.1) is 30.6 Å². The Morgan fingerprint density at radius 3 is 2.52 bits per heavy atom. The van der Waals surface area contributed by atoms with E-state index in [1.54, 1.807) is 42.6 Å². The highest BCUT2D eigenvalue weighted by atomic mass is 19.1. The molecule has 4 aromatic rings. The van der Waals surface area contributed by atoms with E-state index in [9.17, 15) is 9.18 Å². The molecule has 0 saturated heterocycles. The van der Waals surface area contributed by atoms with Crippen LogP contribution in [0.4, 0.5) is 16.0 Å². The molecule has 162 valence electrons. The summed E-state index contributed by atoms with van der Waals surface area (Å²) in [5.74, 6) is 0.523. The van der Waals surface area contributed by atoms with Gasteiger partial charge in [0.2, 0.25) is 5.95 Å². The largest absolute Gasteiger partial charge is 0.496 e. The van der Waals surface area contributed by atoms with Crippen molar-refractivity contribution in [2.75, 3.05) is 12.4 Å². The van der Waals surface area contributed by atoms with Gasteiger partial charge in [-0.2, -0.15) is 0 Å². The van der Waals surface area contributed by atoms with Gasteiger partial charge in [-0.15, -0.1) is 0 Å². The topological polar surface area (TPSA) is 76.5 Å². The number of anilines is 2. The number of nitrogens with zero attached hydrogens (tertiary/aromatic N) is 3. The summed E-state index contributed by atoms with van der Waals surface area (Å²) in [5, 5.41) is 3.17. The van der Waals surface area contributed by atoms with Crippen LogP contribution in [0.5, 0.6) is 5.75 Å². The predicted octanol–water partition coefficient (Wildman–Crippen LogP) is 5.20. The van der Waals surface area contributed by atoms with Gasteiger partial charge in [0.1, 0.15) is 11.6 Å². The molecule has 0 saturated carbocycles. The van der Waals surface area contributed by atoms with Crippen LogP contribution in [0.15, 0.2) is 77.9 Å². The molecule has 0 radical (unpaired) electrons. The summed E-state index contributed by atoms with van der Waals surface area (Å²) >= 11 is 0. The molecule has 0 bridgehead atoms. The van der Waals surface area contributed by atoms with Crippen molar-refractivity contribution in [3.8, 4) is 17.0 Å². The molecule has 0 atom stereocenters. The Bertz CT molecular complexity index is 1400. The quantitative estimate of drug-likeness (QED) is 0.434. The number of ether oxygens (including phenoxy) is 1. The molecule has 0 aliphatic carbocycles. The number of benzene rings is 3. The van der Waals surface area contributed by atoms with Gasteiger partial charge in [0, 0.05) is 40.2 Å². The highest BCUT2D eigenvalue weighted by Crippen LogP contribution is 2.33. The number of halogens is 1. The third kappa shape index (κ3) is 3.85. The maximum atomic E-state index is 14.6. The van der Waals surface area contributed by atoms with Crippen molar-refractivity contribution < 1.29 is 13.9 Å². The zero-order chi connectivity index (χ0) is 22.8. The third-order valence-electron chi connectivity index (χ3n) is 5.45. The number of carbonyl (C=O) groups is 1. The van der Waals surface area contributed by atoms with Crippen molar-refractivity contribution in [3.63, 3.8) is 0 Å². The zero-order valence-corrected chi connectivity index (χ0v) is 17.7. The third-order valence-corrected chi connectivity index (χ3v) is 5.45. The standard InChI is InChI=1S/C26H19FN4O2/c1-33-23-12-18(11-10-16(23)15-32)30-26-29-14-17-13-28-25(21-8-4-5-9-22(21)27)20-7-3-2-6-19(20)24(17)31-26/h2-12,14-15H,13H2,1H3,(H,29,30,31). The molecule has 1 aromatic heterocycles. The van der Waals surface area contributed by atoms with Gasteiger partial charge < -0.3 is 10.1 Å². The first-order chi connectivity index (χ1) is 16.2. The molecule has 1 aliphatic heterocycles. The van der Waals surface area contributed by atoms with Gasteiger partial charge in [-0.05, 0) is 24.3 Å². The van der Waals surface area contributed by atoms with E-state index < -0.39 is 0 Å². The Labute approximate surface area is 189 Å². The van der Waals surface area contributed by atoms with Gasteiger partial charge >= 0.3 is 0 Å². The van der Waals surface area contributed by atoms with Crippen LogP contribution in [-0.4, -0.2) is 29.1 Å². The molecule has 0 unspecified atom stereocenters. The molecular formula is C26H19FN4O2. The van der Waals surface area contributed by atoms with Crippen LogP contribution in [0.25, 0.3) is 11.3 Å². The number of rotatable bonds is 5. The summed E-state index contributed by atoms with van der Waals surface area (Å²) in [7, 11) is 1.51. The second-order valence-corrected chi connectivity index (χ2v) is 7.46. The average Bonchev–Trinajstić information content (AvgIpc) is 3.01. The number of aromatic nitrogens is 2. The number of carbonyl (C=O) groups excluding carboxylic acids is 1. The summed E-state index contributed by atoms with van der Waals surface area (Å²) in [4.78, 5) is 25.1. The summed E-state index contributed by atoms with van der Waals surface area (Å²) in [6, 6.07) is 19.5.